The molecule has 0 fully saturated rings. The molecular weight excluding hydrogens is 308 g/mol. The lowest BCUT2D eigenvalue weighted by Crippen LogP contribution is -2.01. The molecule has 2 N–H and O–H groups in total. The summed E-state index contributed by atoms with van der Waals surface area (Å²) in [6.07, 6.45) is 0.826. The van der Waals surface area contributed by atoms with Gasteiger partial charge in [0, 0.05) is 0 Å². The molecule has 0 bridgehead atoms. The van der Waals surface area contributed by atoms with Crippen LogP contribution in [0.1, 0.15) is 11.1 Å². The quantitative estimate of drug-likeness (QED) is 0.428. The number of benzene rings is 4. The van der Waals surface area contributed by atoms with Gasteiger partial charge in [0.15, 0.2) is 0 Å². The predicted octanol–water partition coefficient (Wildman–Crippen LogP) is 5.49. The average molecular weight is 324 g/mol. The molecule has 0 radical (unpaired) electrons. The number of phenolic OH excluding ortho intramolecular Hbond substituents is 2. The summed E-state index contributed by atoms with van der Waals surface area (Å²) in [7, 11) is 0. The molecule has 0 spiro atoms. The fraction of sp³-hybridized carbons (Fsp3) is 0.0435. The first kappa shape index (κ1) is 14.1. The Labute approximate surface area is 145 Å². The molecule has 0 aliphatic heterocycles. The van der Waals surface area contributed by atoms with Crippen LogP contribution < -0.4 is 0 Å². The summed E-state index contributed by atoms with van der Waals surface area (Å²) in [5, 5.41) is 21.9. The normalized spacial score (nSPS) is 12.2. The smallest absolute Gasteiger partial charge is 0.115 e. The number of hydrogen-bond donors (Lipinski definition) is 2. The summed E-state index contributed by atoms with van der Waals surface area (Å²) >= 11 is 0. The predicted molar refractivity (Wildman–Crippen MR) is 101 cm³/mol. The van der Waals surface area contributed by atoms with Crippen molar-refractivity contribution in [3.05, 3.63) is 83.9 Å². The van der Waals surface area contributed by atoms with Crippen LogP contribution >= 0.6 is 0 Å². The highest BCUT2D eigenvalue weighted by atomic mass is 16.3. The minimum Gasteiger partial charge on any atom is -0.508 e. The van der Waals surface area contributed by atoms with Gasteiger partial charge < -0.3 is 10.2 Å². The molecule has 5 rings (SSSR count). The van der Waals surface area contributed by atoms with Gasteiger partial charge in [0.25, 0.3) is 0 Å². The number of aromatic hydroxyl groups is 2. The average Bonchev–Trinajstić information content (AvgIpc) is 2.62. The van der Waals surface area contributed by atoms with E-state index in [9.17, 15) is 10.2 Å². The summed E-state index contributed by atoms with van der Waals surface area (Å²) in [4.78, 5) is 0. The van der Waals surface area contributed by atoms with Crippen molar-refractivity contribution in [1.82, 2.24) is 0 Å². The molecule has 2 heteroatoms. The molecule has 0 amide bonds. The van der Waals surface area contributed by atoms with Gasteiger partial charge in [-0.05, 0) is 74.8 Å². The van der Waals surface area contributed by atoms with Gasteiger partial charge in [-0.1, -0.05) is 48.5 Å². The van der Waals surface area contributed by atoms with Crippen LogP contribution in [0.5, 0.6) is 11.5 Å². The molecule has 0 saturated carbocycles. The van der Waals surface area contributed by atoms with Gasteiger partial charge >= 0.3 is 0 Å². The minimum absolute atomic E-state index is 0.278. The van der Waals surface area contributed by atoms with Crippen molar-refractivity contribution in [2.75, 3.05) is 0 Å². The summed E-state index contributed by atoms with van der Waals surface area (Å²) in [5.41, 5.74) is 7.12. The van der Waals surface area contributed by atoms with Gasteiger partial charge in [0.1, 0.15) is 11.5 Å². The second-order valence-electron chi connectivity index (χ2n) is 6.57. The van der Waals surface area contributed by atoms with Crippen molar-refractivity contribution >= 4 is 10.8 Å². The Morgan fingerprint density at radius 1 is 0.600 bits per heavy atom. The Balaban J connectivity index is 1.82. The molecule has 0 atom stereocenters. The number of rotatable bonds is 1. The first-order valence-corrected chi connectivity index (χ1v) is 8.37. The summed E-state index contributed by atoms with van der Waals surface area (Å²) < 4.78 is 0. The van der Waals surface area contributed by atoms with E-state index in [0.717, 1.165) is 17.5 Å². The second-order valence-corrected chi connectivity index (χ2v) is 6.57. The van der Waals surface area contributed by atoms with Gasteiger partial charge in [0.2, 0.25) is 0 Å². The highest BCUT2D eigenvalue weighted by molar-refractivity contribution is 6.08. The van der Waals surface area contributed by atoms with Crippen molar-refractivity contribution in [3.8, 4) is 33.8 Å². The Morgan fingerprint density at radius 2 is 1.32 bits per heavy atom. The molecule has 120 valence electrons. The molecule has 0 unspecified atom stereocenters. The van der Waals surface area contributed by atoms with E-state index < -0.39 is 0 Å². The fourth-order valence-corrected chi connectivity index (χ4v) is 3.94. The molecule has 4 aromatic rings. The van der Waals surface area contributed by atoms with E-state index in [2.05, 4.69) is 30.3 Å². The van der Waals surface area contributed by atoms with Crippen LogP contribution in [0.2, 0.25) is 0 Å². The lowest BCUT2D eigenvalue weighted by Gasteiger charge is -2.22. The van der Waals surface area contributed by atoms with Crippen molar-refractivity contribution in [2.45, 2.75) is 6.42 Å². The topological polar surface area (TPSA) is 40.5 Å². The van der Waals surface area contributed by atoms with Crippen LogP contribution in [0.25, 0.3) is 33.0 Å². The molecule has 4 aromatic carbocycles. The van der Waals surface area contributed by atoms with E-state index in [4.69, 9.17) is 0 Å². The van der Waals surface area contributed by atoms with Gasteiger partial charge in [-0.15, -0.1) is 0 Å². The summed E-state index contributed by atoms with van der Waals surface area (Å²) in [5.74, 6) is 0.593. The van der Waals surface area contributed by atoms with Crippen LogP contribution in [0.15, 0.2) is 72.8 Å². The van der Waals surface area contributed by atoms with E-state index in [0.29, 0.717) is 5.75 Å². The number of fused-ring (bicyclic) bond motifs is 2. The second kappa shape index (κ2) is 5.12. The van der Waals surface area contributed by atoms with Crippen molar-refractivity contribution in [2.24, 2.45) is 0 Å². The lowest BCUT2D eigenvalue weighted by atomic mass is 9.81. The highest BCUT2D eigenvalue weighted by Gasteiger charge is 2.20. The van der Waals surface area contributed by atoms with Crippen LogP contribution in [-0.2, 0) is 6.42 Å². The van der Waals surface area contributed by atoms with Crippen LogP contribution in [-0.4, -0.2) is 10.2 Å². The molecule has 25 heavy (non-hydrogen) atoms. The zero-order chi connectivity index (χ0) is 17.0. The van der Waals surface area contributed by atoms with E-state index >= 15 is 0 Å². The van der Waals surface area contributed by atoms with E-state index in [-0.39, 0.29) is 5.75 Å². The zero-order valence-corrected chi connectivity index (χ0v) is 13.5. The third kappa shape index (κ3) is 2.11. The van der Waals surface area contributed by atoms with E-state index in [1.807, 2.05) is 24.3 Å². The zero-order valence-electron chi connectivity index (χ0n) is 13.5. The van der Waals surface area contributed by atoms with Crippen molar-refractivity contribution < 1.29 is 10.2 Å². The van der Waals surface area contributed by atoms with Crippen LogP contribution in [0, 0.1) is 0 Å². The van der Waals surface area contributed by atoms with Gasteiger partial charge in [0.05, 0.1) is 0 Å². The molecule has 1 aliphatic carbocycles. The SMILES string of the molecule is Oc1ccc(-c2ccc3c4c(cccc24)Cc2cc(O)ccc2-3)cc1. The molecule has 0 saturated heterocycles. The Bertz CT molecular complexity index is 1120. The summed E-state index contributed by atoms with van der Waals surface area (Å²) in [6, 6.07) is 23.7. The maximum absolute atomic E-state index is 9.83. The number of phenols is 2. The molecule has 0 aromatic heterocycles. The molecular formula is C23H16O2. The third-order valence-electron chi connectivity index (χ3n) is 5.07. The summed E-state index contributed by atoms with van der Waals surface area (Å²) in [6.45, 7) is 0. The Kier molecular flexibility index (Phi) is 2.89. The first-order chi connectivity index (χ1) is 12.2. The van der Waals surface area contributed by atoms with E-state index in [1.54, 1.807) is 18.2 Å². The van der Waals surface area contributed by atoms with Gasteiger partial charge in [-0.2, -0.15) is 0 Å². The third-order valence-corrected chi connectivity index (χ3v) is 5.07. The monoisotopic (exact) mass is 324 g/mol. The van der Waals surface area contributed by atoms with Crippen molar-refractivity contribution in [3.63, 3.8) is 0 Å². The standard InChI is InChI=1S/C23H16O2/c24-17-6-4-14(5-7-17)19-10-11-22-20-9-8-18(25)13-16(20)12-15-2-1-3-21(19)23(15)22/h1-11,13,24-25H,12H2. The van der Waals surface area contributed by atoms with Crippen LogP contribution in [0.4, 0.5) is 0 Å². The highest BCUT2D eigenvalue weighted by Crippen LogP contribution is 2.43. The molecule has 2 nitrogen and oxygen atoms in total. The Morgan fingerprint density at radius 3 is 2.16 bits per heavy atom. The molecule has 0 heterocycles. The largest absolute Gasteiger partial charge is 0.508 e. The Hall–Kier alpha value is -3.26. The number of hydrogen-bond acceptors (Lipinski definition) is 2. The minimum atomic E-state index is 0.278. The van der Waals surface area contributed by atoms with Crippen LogP contribution in [0.3, 0.4) is 0 Å². The van der Waals surface area contributed by atoms with Crippen molar-refractivity contribution in [1.29, 1.82) is 0 Å². The van der Waals surface area contributed by atoms with Gasteiger partial charge in [-0.3, -0.25) is 0 Å². The maximum atomic E-state index is 9.83. The lowest BCUT2D eigenvalue weighted by molar-refractivity contribution is 0.474. The fourth-order valence-electron chi connectivity index (χ4n) is 3.94. The first-order valence-electron chi connectivity index (χ1n) is 8.37. The van der Waals surface area contributed by atoms with E-state index in [1.165, 1.54) is 33.0 Å². The molecule has 1 aliphatic rings. The van der Waals surface area contributed by atoms with Gasteiger partial charge in [-0.25, -0.2) is 0 Å². The maximum Gasteiger partial charge on any atom is 0.115 e.